The monoisotopic (exact) mass is 466 g/mol. The van der Waals surface area contributed by atoms with Gasteiger partial charge in [-0.25, -0.2) is 0 Å². The number of hydrogen-bond acceptors (Lipinski definition) is 7. The first-order chi connectivity index (χ1) is 16.1. The summed E-state index contributed by atoms with van der Waals surface area (Å²) in [6.45, 7) is 6.69. The standard InChI is InChI=1S/C24H30N6O2S/c1-28-9-11-29(12-10-28)15-17-5-6-20-19(13-17)26-24-27-22(31)18-14-21(33-16-18)23(32)25-7-3-2-4-8-30(20)24/h5-6,13-14,16H,2-4,7-12,15H2,1H3,(H,25,32)(H,26,27,31). The molecule has 9 heteroatoms. The third kappa shape index (κ3) is 4.95. The molecule has 1 fully saturated rings. The molecule has 4 heterocycles. The Balaban J connectivity index is 1.38. The second kappa shape index (κ2) is 9.62. The van der Waals surface area contributed by atoms with E-state index in [1.807, 2.05) is 0 Å². The second-order valence-corrected chi connectivity index (χ2v) is 9.88. The Kier molecular flexibility index (Phi) is 6.43. The molecule has 0 saturated carbocycles. The van der Waals surface area contributed by atoms with E-state index in [0.29, 0.717) is 22.9 Å². The summed E-state index contributed by atoms with van der Waals surface area (Å²) in [5, 5.41) is 8.04. The average Bonchev–Trinajstić information content (AvgIpc) is 3.42. The third-order valence-corrected chi connectivity index (χ3v) is 7.41. The Morgan fingerprint density at radius 3 is 2.73 bits per heavy atom. The number of carbonyl (C=O) groups excluding carboxylic acids is 2. The molecule has 33 heavy (non-hydrogen) atoms. The van der Waals surface area contributed by atoms with Crippen LogP contribution in [0.25, 0.3) is 0 Å². The van der Waals surface area contributed by atoms with Crippen LogP contribution in [0.2, 0.25) is 0 Å². The topological polar surface area (TPSA) is 80.3 Å². The fraction of sp³-hybridized carbons (Fsp3) is 0.458. The molecule has 3 aliphatic heterocycles. The fourth-order valence-electron chi connectivity index (χ4n) is 4.49. The number of carbonyl (C=O) groups is 2. The number of fused-ring (bicyclic) bond motifs is 5. The van der Waals surface area contributed by atoms with Crippen molar-refractivity contribution < 1.29 is 9.59 Å². The van der Waals surface area contributed by atoms with Crippen LogP contribution in [0.1, 0.15) is 44.9 Å². The molecule has 3 aliphatic rings. The maximum Gasteiger partial charge on any atom is 0.281 e. The minimum Gasteiger partial charge on any atom is -0.351 e. The van der Waals surface area contributed by atoms with Gasteiger partial charge in [0.2, 0.25) is 5.96 Å². The van der Waals surface area contributed by atoms with Gasteiger partial charge in [-0.05, 0) is 50.1 Å². The van der Waals surface area contributed by atoms with Crippen LogP contribution in [0.5, 0.6) is 0 Å². The van der Waals surface area contributed by atoms with Crippen LogP contribution in [-0.4, -0.2) is 73.9 Å². The van der Waals surface area contributed by atoms with Gasteiger partial charge in [-0.1, -0.05) is 6.07 Å². The zero-order valence-corrected chi connectivity index (χ0v) is 19.8. The molecule has 0 unspecified atom stereocenters. The molecular weight excluding hydrogens is 436 g/mol. The predicted molar refractivity (Wildman–Crippen MR) is 132 cm³/mol. The van der Waals surface area contributed by atoms with Gasteiger partial charge < -0.3 is 20.4 Å². The minimum absolute atomic E-state index is 0.121. The van der Waals surface area contributed by atoms with Gasteiger partial charge in [0.15, 0.2) is 0 Å². The Hall–Kier alpha value is -2.75. The first kappa shape index (κ1) is 22.1. The maximum absolute atomic E-state index is 12.9. The van der Waals surface area contributed by atoms with E-state index in [9.17, 15) is 9.59 Å². The van der Waals surface area contributed by atoms with Crippen molar-refractivity contribution in [3.8, 4) is 0 Å². The number of anilines is 2. The van der Waals surface area contributed by atoms with Crippen LogP contribution < -0.4 is 15.5 Å². The number of nitrogens with zero attached hydrogens (tertiary/aromatic N) is 4. The Bertz CT molecular complexity index is 1070. The number of rotatable bonds is 2. The molecule has 2 bridgehead atoms. The maximum atomic E-state index is 12.9. The van der Waals surface area contributed by atoms with E-state index in [-0.39, 0.29) is 11.8 Å². The first-order valence-electron chi connectivity index (χ1n) is 11.6. The van der Waals surface area contributed by atoms with Crippen LogP contribution in [0.15, 0.2) is 34.6 Å². The molecule has 1 saturated heterocycles. The van der Waals surface area contributed by atoms with Crippen molar-refractivity contribution in [2.45, 2.75) is 25.8 Å². The molecule has 5 rings (SSSR count). The Labute approximate surface area is 198 Å². The minimum atomic E-state index is -0.333. The largest absolute Gasteiger partial charge is 0.351 e. The summed E-state index contributed by atoms with van der Waals surface area (Å²) in [5.41, 5.74) is 3.77. The quantitative estimate of drug-likeness (QED) is 0.709. The highest BCUT2D eigenvalue weighted by Gasteiger charge is 2.27. The van der Waals surface area contributed by atoms with Gasteiger partial charge in [0.05, 0.1) is 21.8 Å². The van der Waals surface area contributed by atoms with E-state index in [2.05, 4.69) is 55.6 Å². The molecule has 1 aromatic carbocycles. The molecule has 0 radical (unpaired) electrons. The summed E-state index contributed by atoms with van der Waals surface area (Å²) in [6.07, 6.45) is 2.87. The van der Waals surface area contributed by atoms with Gasteiger partial charge in [0, 0.05) is 51.2 Å². The summed E-state index contributed by atoms with van der Waals surface area (Å²) in [6, 6.07) is 8.16. The molecule has 2 N–H and O–H groups in total. The molecule has 174 valence electrons. The molecule has 1 aromatic heterocycles. The van der Waals surface area contributed by atoms with Gasteiger partial charge in [0.1, 0.15) is 0 Å². The van der Waals surface area contributed by atoms with E-state index in [4.69, 9.17) is 0 Å². The number of guanidine groups is 1. The molecule has 8 nitrogen and oxygen atoms in total. The van der Waals surface area contributed by atoms with E-state index >= 15 is 0 Å². The fourth-order valence-corrected chi connectivity index (χ4v) is 5.28. The van der Waals surface area contributed by atoms with Gasteiger partial charge in [-0.15, -0.1) is 11.3 Å². The lowest BCUT2D eigenvalue weighted by molar-refractivity contribution is 0.0957. The molecule has 2 aromatic rings. The number of thiophene rings is 1. The zero-order chi connectivity index (χ0) is 22.8. The van der Waals surface area contributed by atoms with E-state index in [1.165, 1.54) is 16.9 Å². The van der Waals surface area contributed by atoms with Crippen molar-refractivity contribution in [2.75, 3.05) is 56.5 Å². The summed E-state index contributed by atoms with van der Waals surface area (Å²) < 4.78 is 0. The molecule has 0 atom stereocenters. The van der Waals surface area contributed by atoms with E-state index in [0.717, 1.165) is 69.9 Å². The number of aliphatic imine (C=N–C) groups is 1. The normalized spacial score (nSPS) is 22.0. The van der Waals surface area contributed by atoms with Crippen molar-refractivity contribution in [1.29, 1.82) is 0 Å². The molecule has 0 aliphatic carbocycles. The van der Waals surface area contributed by atoms with Gasteiger partial charge in [-0.3, -0.25) is 14.5 Å². The van der Waals surface area contributed by atoms with Gasteiger partial charge >= 0.3 is 0 Å². The SMILES string of the molecule is CN1CCN(Cc2ccc3c(c2)N/C2=N\C(=O)c4csc(c4)C(=O)NCCCCCN23)CC1. The van der Waals surface area contributed by atoms with Crippen LogP contribution in [0.4, 0.5) is 11.4 Å². The molecule has 0 spiro atoms. The Morgan fingerprint density at radius 2 is 1.88 bits per heavy atom. The number of benzene rings is 1. The van der Waals surface area contributed by atoms with Crippen molar-refractivity contribution in [2.24, 2.45) is 4.99 Å². The lowest BCUT2D eigenvalue weighted by Gasteiger charge is -2.32. The highest BCUT2D eigenvalue weighted by atomic mass is 32.1. The van der Waals surface area contributed by atoms with Crippen LogP contribution in [-0.2, 0) is 6.54 Å². The summed E-state index contributed by atoms with van der Waals surface area (Å²) in [4.78, 5) is 37.1. The first-order valence-corrected chi connectivity index (χ1v) is 12.5. The summed E-state index contributed by atoms with van der Waals surface area (Å²) in [7, 11) is 2.17. The van der Waals surface area contributed by atoms with Crippen LogP contribution in [0.3, 0.4) is 0 Å². The molecular formula is C24H30N6O2S. The number of likely N-dealkylation sites (N-methyl/N-ethyl adjacent to an activating group) is 1. The summed E-state index contributed by atoms with van der Waals surface area (Å²) in [5.74, 6) is 0.117. The van der Waals surface area contributed by atoms with Crippen molar-refractivity contribution in [3.05, 3.63) is 45.6 Å². The number of nitrogens with one attached hydrogen (secondary N) is 2. The van der Waals surface area contributed by atoms with Gasteiger partial charge in [-0.2, -0.15) is 4.99 Å². The number of amides is 2. The smallest absolute Gasteiger partial charge is 0.281 e. The number of hydrogen-bond donors (Lipinski definition) is 2. The van der Waals surface area contributed by atoms with Crippen LogP contribution in [0, 0.1) is 0 Å². The second-order valence-electron chi connectivity index (χ2n) is 8.96. The lowest BCUT2D eigenvalue weighted by Crippen LogP contribution is -2.43. The van der Waals surface area contributed by atoms with Crippen molar-refractivity contribution >= 4 is 40.5 Å². The van der Waals surface area contributed by atoms with Crippen molar-refractivity contribution in [1.82, 2.24) is 15.1 Å². The average molecular weight is 467 g/mol. The predicted octanol–water partition coefficient (Wildman–Crippen LogP) is 2.84. The van der Waals surface area contributed by atoms with Crippen LogP contribution >= 0.6 is 11.3 Å². The molecule has 2 amide bonds. The van der Waals surface area contributed by atoms with E-state index < -0.39 is 0 Å². The zero-order valence-electron chi connectivity index (χ0n) is 19.0. The number of piperazine rings is 1. The Morgan fingerprint density at radius 1 is 1.03 bits per heavy atom. The highest BCUT2D eigenvalue weighted by molar-refractivity contribution is 7.12. The summed E-state index contributed by atoms with van der Waals surface area (Å²) >= 11 is 1.28. The van der Waals surface area contributed by atoms with Crippen molar-refractivity contribution in [3.63, 3.8) is 0 Å². The lowest BCUT2D eigenvalue weighted by atomic mass is 10.1. The van der Waals surface area contributed by atoms with Gasteiger partial charge in [0.25, 0.3) is 11.8 Å². The third-order valence-electron chi connectivity index (χ3n) is 6.48. The van der Waals surface area contributed by atoms with E-state index in [1.54, 1.807) is 11.4 Å². The highest BCUT2D eigenvalue weighted by Crippen LogP contribution is 2.34.